The predicted molar refractivity (Wildman–Crippen MR) is 119 cm³/mol. The number of aryl methyl sites for hydroxylation is 1. The number of carbonyl (C=O) groups is 3. The first kappa shape index (κ1) is 21.1. The van der Waals surface area contributed by atoms with Gasteiger partial charge in [-0.2, -0.15) is 0 Å². The highest BCUT2D eigenvalue weighted by Crippen LogP contribution is 2.40. The summed E-state index contributed by atoms with van der Waals surface area (Å²) in [5, 5.41) is 15.8. The van der Waals surface area contributed by atoms with E-state index in [1.54, 1.807) is 37.5 Å². The Kier molecular flexibility index (Phi) is 6.08. The van der Waals surface area contributed by atoms with Crippen LogP contribution in [-0.2, 0) is 22.4 Å². The number of allylic oxidation sites excluding steroid dienone is 2. The summed E-state index contributed by atoms with van der Waals surface area (Å²) in [4.78, 5) is 38.8. The number of carbonyl (C=O) groups excluding carboxylic acids is 2. The number of aliphatic carboxylic acids is 1. The molecule has 8 heteroatoms. The molecule has 2 aliphatic carbocycles. The first-order chi connectivity index (χ1) is 15.0. The molecule has 2 atom stereocenters. The molecule has 1 heterocycles. The average Bonchev–Trinajstić information content (AvgIpc) is 3.34. The quantitative estimate of drug-likeness (QED) is 0.587. The molecule has 1 aromatic carbocycles. The van der Waals surface area contributed by atoms with Crippen molar-refractivity contribution in [1.29, 1.82) is 0 Å². The largest absolute Gasteiger partial charge is 0.497 e. The fourth-order valence-corrected chi connectivity index (χ4v) is 5.50. The Bertz CT molecular complexity index is 1060. The number of benzene rings is 1. The van der Waals surface area contributed by atoms with E-state index in [0.717, 1.165) is 29.7 Å². The number of ether oxygens (including phenoxy) is 1. The van der Waals surface area contributed by atoms with E-state index in [4.69, 9.17) is 4.74 Å². The van der Waals surface area contributed by atoms with Crippen LogP contribution in [0.2, 0.25) is 0 Å². The summed E-state index contributed by atoms with van der Waals surface area (Å²) >= 11 is 1.41. The van der Waals surface area contributed by atoms with E-state index in [2.05, 4.69) is 10.6 Å². The van der Waals surface area contributed by atoms with Gasteiger partial charge in [-0.1, -0.05) is 18.2 Å². The molecule has 0 saturated heterocycles. The van der Waals surface area contributed by atoms with Crippen LogP contribution in [0.15, 0.2) is 36.4 Å². The fourth-order valence-electron chi connectivity index (χ4n) is 4.21. The molecule has 7 nitrogen and oxygen atoms in total. The number of amides is 2. The van der Waals surface area contributed by atoms with E-state index < -0.39 is 17.8 Å². The molecule has 0 bridgehead atoms. The summed E-state index contributed by atoms with van der Waals surface area (Å²) in [5.41, 5.74) is 2.05. The highest BCUT2D eigenvalue weighted by atomic mass is 32.1. The molecule has 2 aliphatic rings. The summed E-state index contributed by atoms with van der Waals surface area (Å²) < 4.78 is 5.21. The number of thiophene rings is 1. The van der Waals surface area contributed by atoms with Crippen molar-refractivity contribution in [2.45, 2.75) is 32.1 Å². The monoisotopic (exact) mass is 440 g/mol. The lowest BCUT2D eigenvalue weighted by atomic mass is 9.82. The molecule has 0 fully saturated rings. The molecule has 3 N–H and O–H groups in total. The minimum atomic E-state index is -0.978. The van der Waals surface area contributed by atoms with Crippen molar-refractivity contribution < 1.29 is 24.2 Å². The van der Waals surface area contributed by atoms with Gasteiger partial charge in [0.1, 0.15) is 10.8 Å². The van der Waals surface area contributed by atoms with Crippen LogP contribution in [0.25, 0.3) is 0 Å². The molecule has 2 aromatic rings. The highest BCUT2D eigenvalue weighted by Gasteiger charge is 2.35. The first-order valence-corrected chi connectivity index (χ1v) is 11.1. The van der Waals surface area contributed by atoms with Crippen molar-refractivity contribution >= 4 is 39.8 Å². The zero-order chi connectivity index (χ0) is 22.0. The molecular weight excluding hydrogens is 416 g/mol. The molecule has 0 aliphatic heterocycles. The normalized spacial score (nSPS) is 19.5. The number of rotatable bonds is 6. The third kappa shape index (κ3) is 4.34. The Morgan fingerprint density at radius 1 is 1.10 bits per heavy atom. The minimum Gasteiger partial charge on any atom is -0.497 e. The average molecular weight is 441 g/mol. The third-order valence-electron chi connectivity index (χ3n) is 5.80. The molecular formula is C23H24N2O5S. The predicted octanol–water partition coefficient (Wildman–Crippen LogP) is 4.10. The van der Waals surface area contributed by atoms with Gasteiger partial charge < -0.3 is 20.5 Å². The maximum absolute atomic E-state index is 13.2. The molecule has 162 valence electrons. The van der Waals surface area contributed by atoms with Gasteiger partial charge >= 0.3 is 5.97 Å². The van der Waals surface area contributed by atoms with Crippen LogP contribution in [0.5, 0.6) is 5.75 Å². The molecule has 0 saturated carbocycles. The number of carboxylic acid groups (broad SMARTS) is 1. The Hall–Kier alpha value is -3.13. The Morgan fingerprint density at radius 2 is 1.87 bits per heavy atom. The number of hydrogen-bond donors (Lipinski definition) is 3. The van der Waals surface area contributed by atoms with Gasteiger partial charge in [0.15, 0.2) is 0 Å². The highest BCUT2D eigenvalue weighted by molar-refractivity contribution is 7.17. The second-order valence-electron chi connectivity index (χ2n) is 7.73. The molecule has 1 aromatic heterocycles. The Labute approximate surface area is 184 Å². The maximum atomic E-state index is 13.2. The van der Waals surface area contributed by atoms with Crippen molar-refractivity contribution in [2.24, 2.45) is 11.8 Å². The van der Waals surface area contributed by atoms with E-state index in [0.29, 0.717) is 34.8 Å². The second-order valence-corrected chi connectivity index (χ2v) is 8.84. The van der Waals surface area contributed by atoms with Crippen molar-refractivity contribution in [2.75, 3.05) is 17.7 Å². The van der Waals surface area contributed by atoms with Crippen molar-refractivity contribution in [3.63, 3.8) is 0 Å². The molecule has 2 amide bonds. The van der Waals surface area contributed by atoms with Gasteiger partial charge in [-0.15, -0.1) is 11.3 Å². The summed E-state index contributed by atoms with van der Waals surface area (Å²) in [7, 11) is 1.56. The zero-order valence-electron chi connectivity index (χ0n) is 17.1. The summed E-state index contributed by atoms with van der Waals surface area (Å²) in [6.07, 6.45) is 6.98. The molecule has 0 radical (unpaired) electrons. The number of carboxylic acids is 1. The summed E-state index contributed by atoms with van der Waals surface area (Å²) in [6.45, 7) is 0. The molecule has 0 spiro atoms. The van der Waals surface area contributed by atoms with E-state index >= 15 is 0 Å². The van der Waals surface area contributed by atoms with Gasteiger partial charge in [-0.25, -0.2) is 0 Å². The van der Waals surface area contributed by atoms with Crippen LogP contribution in [0.1, 0.15) is 40.1 Å². The van der Waals surface area contributed by atoms with Crippen molar-refractivity contribution in [3.8, 4) is 5.75 Å². The van der Waals surface area contributed by atoms with Crippen molar-refractivity contribution in [3.05, 3.63) is 52.4 Å². The van der Waals surface area contributed by atoms with E-state index in [9.17, 15) is 19.5 Å². The molecule has 0 unspecified atom stereocenters. The number of methoxy groups -OCH3 is 1. The maximum Gasteiger partial charge on any atom is 0.307 e. The molecule has 31 heavy (non-hydrogen) atoms. The third-order valence-corrected chi connectivity index (χ3v) is 7.01. The number of fused-ring (bicyclic) bond motifs is 1. The van der Waals surface area contributed by atoms with E-state index in [-0.39, 0.29) is 11.8 Å². The van der Waals surface area contributed by atoms with Crippen LogP contribution in [0.4, 0.5) is 10.7 Å². The summed E-state index contributed by atoms with van der Waals surface area (Å²) in [5.74, 6) is -2.41. The SMILES string of the molecule is COc1cccc(NC(=O)c2c(NC(=O)[C@@H]3CC=CC[C@H]3C(=O)O)sc3c2CCC3)c1. The van der Waals surface area contributed by atoms with Gasteiger partial charge in [0.2, 0.25) is 5.91 Å². The van der Waals surface area contributed by atoms with Gasteiger partial charge in [-0.05, 0) is 49.8 Å². The summed E-state index contributed by atoms with van der Waals surface area (Å²) in [6, 6.07) is 7.09. The second kappa shape index (κ2) is 8.93. The zero-order valence-corrected chi connectivity index (χ0v) is 18.0. The Morgan fingerprint density at radius 3 is 2.61 bits per heavy atom. The fraction of sp³-hybridized carbons (Fsp3) is 0.348. The van der Waals surface area contributed by atoms with Gasteiger partial charge in [0.25, 0.3) is 5.91 Å². The van der Waals surface area contributed by atoms with Crippen LogP contribution >= 0.6 is 11.3 Å². The van der Waals surface area contributed by atoms with Crippen molar-refractivity contribution in [1.82, 2.24) is 0 Å². The Balaban J connectivity index is 1.59. The molecule has 4 rings (SSSR count). The lowest BCUT2D eigenvalue weighted by Crippen LogP contribution is -2.35. The van der Waals surface area contributed by atoms with E-state index in [1.807, 2.05) is 6.08 Å². The van der Waals surface area contributed by atoms with Crippen LogP contribution < -0.4 is 15.4 Å². The van der Waals surface area contributed by atoms with Crippen LogP contribution in [-0.4, -0.2) is 30.0 Å². The van der Waals surface area contributed by atoms with Gasteiger partial charge in [0.05, 0.1) is 24.5 Å². The number of nitrogens with one attached hydrogen (secondary N) is 2. The van der Waals surface area contributed by atoms with Gasteiger partial charge in [-0.3, -0.25) is 14.4 Å². The van der Waals surface area contributed by atoms with E-state index in [1.165, 1.54) is 11.3 Å². The minimum absolute atomic E-state index is 0.290. The smallest absolute Gasteiger partial charge is 0.307 e. The standard InChI is InChI=1S/C23H24N2O5S/c1-30-14-7-4-6-13(12-14)24-21(27)19-17-10-5-11-18(17)31-22(19)25-20(26)15-8-2-3-9-16(15)23(28)29/h2-4,6-7,12,15-16H,5,8-11H2,1H3,(H,24,27)(H,25,26)(H,28,29)/t15-,16-/m1/s1. The van der Waals surface area contributed by atoms with Crippen LogP contribution in [0.3, 0.4) is 0 Å². The van der Waals surface area contributed by atoms with Gasteiger partial charge in [0, 0.05) is 16.6 Å². The number of hydrogen-bond acceptors (Lipinski definition) is 5. The lowest BCUT2D eigenvalue weighted by molar-refractivity contribution is -0.146. The topological polar surface area (TPSA) is 105 Å². The number of anilines is 2. The first-order valence-electron chi connectivity index (χ1n) is 10.3. The van der Waals surface area contributed by atoms with Crippen LogP contribution in [0, 0.1) is 11.8 Å². The lowest BCUT2D eigenvalue weighted by Gasteiger charge is -2.24.